The van der Waals surface area contributed by atoms with Crippen LogP contribution in [0.2, 0.25) is 0 Å². The summed E-state index contributed by atoms with van der Waals surface area (Å²) < 4.78 is 36.7. The number of nitrogens with two attached hydrogens (primary N) is 1. The molecule has 6 heteroatoms. The Bertz CT molecular complexity index is 499. The minimum Gasteiger partial charge on any atom is -0.369 e. The van der Waals surface area contributed by atoms with Gasteiger partial charge in [-0.1, -0.05) is 19.1 Å². The molecule has 0 aliphatic rings. The number of primary amides is 1. The van der Waals surface area contributed by atoms with Gasteiger partial charge in [0.25, 0.3) is 0 Å². The van der Waals surface area contributed by atoms with Gasteiger partial charge in [-0.05, 0) is 12.1 Å². The third-order valence-corrected chi connectivity index (χ3v) is 4.07. The van der Waals surface area contributed by atoms with Crippen LogP contribution in [0.4, 0.5) is 4.39 Å². The quantitative estimate of drug-likeness (QED) is 0.849. The minimum absolute atomic E-state index is 0.400. The Balaban J connectivity index is 3.04. The number of carbonyl (C=O) groups excluding carboxylic acids is 1. The second-order valence-electron chi connectivity index (χ2n) is 3.52. The number of amides is 1. The van der Waals surface area contributed by atoms with Crippen molar-refractivity contribution in [2.75, 3.05) is 5.75 Å². The summed E-state index contributed by atoms with van der Waals surface area (Å²) in [6.45, 7) is 1.39. The molecule has 0 aliphatic carbocycles. The Hall–Kier alpha value is -1.43. The van der Waals surface area contributed by atoms with Gasteiger partial charge in [0, 0.05) is 5.92 Å². The summed E-state index contributed by atoms with van der Waals surface area (Å²) in [4.78, 5) is 10.4. The molecule has 88 valence electrons. The molecule has 2 N–H and O–H groups in total. The van der Waals surface area contributed by atoms with Gasteiger partial charge >= 0.3 is 0 Å². The van der Waals surface area contributed by atoms with Crippen molar-refractivity contribution in [3.8, 4) is 0 Å². The van der Waals surface area contributed by atoms with E-state index in [-0.39, 0.29) is 0 Å². The first-order valence-corrected chi connectivity index (χ1v) is 6.26. The van der Waals surface area contributed by atoms with E-state index in [2.05, 4.69) is 0 Å². The van der Waals surface area contributed by atoms with Crippen LogP contribution in [0.1, 0.15) is 6.92 Å². The first-order chi connectivity index (χ1) is 7.34. The van der Waals surface area contributed by atoms with Crippen molar-refractivity contribution in [3.05, 3.63) is 30.1 Å². The van der Waals surface area contributed by atoms with E-state index in [1.807, 2.05) is 0 Å². The standard InChI is InChI=1S/C10H12FNO3S/c1-7(10(12)13)6-16(14,15)9-5-3-2-4-8(9)11/h2-5,7H,6H2,1H3,(H2,12,13). The predicted molar refractivity (Wildman–Crippen MR) is 56.8 cm³/mol. The molecule has 1 amide bonds. The molecule has 4 nitrogen and oxygen atoms in total. The van der Waals surface area contributed by atoms with Gasteiger partial charge in [0.1, 0.15) is 10.7 Å². The van der Waals surface area contributed by atoms with Crippen molar-refractivity contribution in [1.82, 2.24) is 0 Å². The molecule has 0 aromatic heterocycles. The highest BCUT2D eigenvalue weighted by molar-refractivity contribution is 7.91. The number of carbonyl (C=O) groups is 1. The van der Waals surface area contributed by atoms with Crippen LogP contribution in [-0.2, 0) is 14.6 Å². The maximum atomic E-state index is 13.2. The third kappa shape index (κ3) is 2.79. The molecule has 1 atom stereocenters. The Morgan fingerprint density at radius 2 is 2.00 bits per heavy atom. The molecule has 0 bridgehead atoms. The number of rotatable bonds is 4. The number of hydrogen-bond acceptors (Lipinski definition) is 3. The molecule has 0 saturated heterocycles. The van der Waals surface area contributed by atoms with Crippen LogP contribution >= 0.6 is 0 Å². The van der Waals surface area contributed by atoms with E-state index < -0.39 is 38.1 Å². The summed E-state index contributed by atoms with van der Waals surface area (Å²) in [7, 11) is -3.81. The Kier molecular flexibility index (Phi) is 3.64. The molecular weight excluding hydrogens is 233 g/mol. The normalized spacial score (nSPS) is 13.4. The Morgan fingerprint density at radius 3 is 2.50 bits per heavy atom. The minimum atomic E-state index is -3.81. The fourth-order valence-corrected chi connectivity index (χ4v) is 2.85. The molecule has 0 heterocycles. The highest BCUT2D eigenvalue weighted by Crippen LogP contribution is 2.17. The van der Waals surface area contributed by atoms with Crippen LogP contribution in [0.5, 0.6) is 0 Å². The number of benzene rings is 1. The summed E-state index contributed by atoms with van der Waals surface area (Å²) in [6, 6.07) is 5.04. The molecule has 0 spiro atoms. The van der Waals surface area contributed by atoms with Gasteiger partial charge < -0.3 is 5.73 Å². The van der Waals surface area contributed by atoms with Gasteiger partial charge in [-0.15, -0.1) is 0 Å². The van der Waals surface area contributed by atoms with Crippen LogP contribution in [0.15, 0.2) is 29.2 Å². The van der Waals surface area contributed by atoms with E-state index in [4.69, 9.17) is 5.73 Å². The number of sulfone groups is 1. The predicted octanol–water partition coefficient (Wildman–Crippen LogP) is 0.721. The Labute approximate surface area is 93.2 Å². The van der Waals surface area contributed by atoms with E-state index in [9.17, 15) is 17.6 Å². The lowest BCUT2D eigenvalue weighted by molar-refractivity contribution is -0.120. The van der Waals surface area contributed by atoms with Crippen molar-refractivity contribution >= 4 is 15.7 Å². The first kappa shape index (κ1) is 12.6. The smallest absolute Gasteiger partial charge is 0.221 e. The number of hydrogen-bond donors (Lipinski definition) is 1. The van der Waals surface area contributed by atoms with Crippen LogP contribution < -0.4 is 5.73 Å². The fraction of sp³-hybridized carbons (Fsp3) is 0.300. The zero-order valence-corrected chi connectivity index (χ0v) is 9.50. The van der Waals surface area contributed by atoms with Gasteiger partial charge in [-0.3, -0.25) is 4.79 Å². The van der Waals surface area contributed by atoms with E-state index in [0.717, 1.165) is 6.07 Å². The third-order valence-electron chi connectivity index (χ3n) is 2.13. The molecule has 1 unspecified atom stereocenters. The van der Waals surface area contributed by atoms with E-state index in [1.54, 1.807) is 0 Å². The van der Waals surface area contributed by atoms with Gasteiger partial charge in [-0.2, -0.15) is 0 Å². The van der Waals surface area contributed by atoms with Crippen molar-refractivity contribution in [1.29, 1.82) is 0 Å². The van der Waals surface area contributed by atoms with Crippen LogP contribution in [-0.4, -0.2) is 20.1 Å². The first-order valence-electron chi connectivity index (χ1n) is 4.61. The highest BCUT2D eigenvalue weighted by Gasteiger charge is 2.24. The van der Waals surface area contributed by atoms with Crippen molar-refractivity contribution < 1.29 is 17.6 Å². The molecule has 1 rings (SSSR count). The van der Waals surface area contributed by atoms with Gasteiger partial charge in [0.05, 0.1) is 5.75 Å². The SMILES string of the molecule is CC(CS(=O)(=O)c1ccccc1F)C(N)=O. The lowest BCUT2D eigenvalue weighted by Crippen LogP contribution is -2.27. The molecule has 0 saturated carbocycles. The average molecular weight is 245 g/mol. The van der Waals surface area contributed by atoms with Crippen LogP contribution in [0.3, 0.4) is 0 Å². The lowest BCUT2D eigenvalue weighted by Gasteiger charge is -2.08. The monoisotopic (exact) mass is 245 g/mol. The summed E-state index contributed by atoms with van der Waals surface area (Å²) >= 11 is 0. The second-order valence-corrected chi connectivity index (χ2v) is 5.52. The molecule has 0 aliphatic heterocycles. The molecule has 0 radical (unpaired) electrons. The van der Waals surface area contributed by atoms with E-state index >= 15 is 0 Å². The molecule has 0 fully saturated rings. The fourth-order valence-electron chi connectivity index (χ4n) is 1.20. The zero-order valence-electron chi connectivity index (χ0n) is 8.68. The maximum absolute atomic E-state index is 13.2. The number of halogens is 1. The zero-order chi connectivity index (χ0) is 12.3. The highest BCUT2D eigenvalue weighted by atomic mass is 32.2. The van der Waals surface area contributed by atoms with Gasteiger partial charge in [-0.25, -0.2) is 12.8 Å². The summed E-state index contributed by atoms with van der Waals surface area (Å²) in [5.74, 6) is -2.87. The second kappa shape index (κ2) is 4.61. The molecule has 16 heavy (non-hydrogen) atoms. The van der Waals surface area contributed by atoms with E-state index in [0.29, 0.717) is 0 Å². The lowest BCUT2D eigenvalue weighted by atomic mass is 10.2. The topological polar surface area (TPSA) is 77.2 Å². The maximum Gasteiger partial charge on any atom is 0.221 e. The molecule has 1 aromatic carbocycles. The van der Waals surface area contributed by atoms with Crippen molar-refractivity contribution in [3.63, 3.8) is 0 Å². The van der Waals surface area contributed by atoms with Crippen LogP contribution in [0, 0.1) is 11.7 Å². The van der Waals surface area contributed by atoms with Crippen LogP contribution in [0.25, 0.3) is 0 Å². The van der Waals surface area contributed by atoms with Crippen molar-refractivity contribution in [2.45, 2.75) is 11.8 Å². The molecular formula is C10H12FNO3S. The summed E-state index contributed by atoms with van der Waals surface area (Å²) in [5.41, 5.74) is 4.96. The Morgan fingerprint density at radius 1 is 1.44 bits per heavy atom. The van der Waals surface area contributed by atoms with E-state index in [1.165, 1.54) is 25.1 Å². The van der Waals surface area contributed by atoms with Crippen molar-refractivity contribution in [2.24, 2.45) is 11.7 Å². The molecule has 1 aromatic rings. The summed E-state index contributed by atoms with van der Waals surface area (Å²) in [5, 5.41) is 0. The van der Waals surface area contributed by atoms with Gasteiger partial charge in [0.15, 0.2) is 9.84 Å². The van der Waals surface area contributed by atoms with Gasteiger partial charge in [0.2, 0.25) is 5.91 Å². The summed E-state index contributed by atoms with van der Waals surface area (Å²) in [6.07, 6.45) is 0. The largest absolute Gasteiger partial charge is 0.369 e. The average Bonchev–Trinajstić information content (AvgIpc) is 2.17.